The lowest BCUT2D eigenvalue weighted by molar-refractivity contribution is 0.0723. The molecule has 0 aliphatic carbocycles. The molecule has 0 aliphatic rings. The first-order valence-electron chi connectivity index (χ1n) is 15.6. The Kier molecular flexibility index (Phi) is 10.1. The third kappa shape index (κ3) is 6.98. The zero-order valence-corrected chi connectivity index (χ0v) is 27.9. The van der Waals surface area contributed by atoms with Crippen molar-refractivity contribution < 1.29 is 50.4 Å². The highest BCUT2D eigenvalue weighted by Crippen LogP contribution is 2.43. The molecule has 52 heavy (non-hydrogen) atoms. The molecule has 6 aromatic rings. The van der Waals surface area contributed by atoms with E-state index in [1.54, 1.807) is 45.6 Å². The van der Waals surface area contributed by atoms with E-state index in [4.69, 9.17) is 23.7 Å². The Balaban J connectivity index is 1.37. The molecule has 6 nitrogen and oxygen atoms in total. The second-order valence-corrected chi connectivity index (χ2v) is 11.4. The van der Waals surface area contributed by atoms with Crippen molar-refractivity contribution in [2.24, 2.45) is 0 Å². The van der Waals surface area contributed by atoms with Gasteiger partial charge in [0.05, 0.1) is 21.3 Å². The molecule has 0 aromatic heterocycles. The van der Waals surface area contributed by atoms with Gasteiger partial charge in [-0.05, 0) is 71.8 Å². The molecule has 0 spiro atoms. The second-order valence-electron chi connectivity index (χ2n) is 11.4. The van der Waals surface area contributed by atoms with Crippen LogP contribution in [0.4, 0.5) is 22.0 Å². The average Bonchev–Trinajstić information content (AvgIpc) is 3.16. The summed E-state index contributed by atoms with van der Waals surface area (Å²) in [4.78, 5) is 12.6. The molecular formula is C41H29F5O6. The number of halogens is 5. The summed E-state index contributed by atoms with van der Waals surface area (Å²) in [6, 6.07) is 31.3. The summed E-state index contributed by atoms with van der Waals surface area (Å²) in [5.41, 5.74) is 0.377. The molecule has 0 amide bonds. The summed E-state index contributed by atoms with van der Waals surface area (Å²) in [5.74, 6) is -7.66. The molecule has 0 atom stereocenters. The maximum Gasteiger partial charge on any atom is 0.349 e. The zero-order valence-electron chi connectivity index (χ0n) is 27.9. The lowest BCUT2D eigenvalue weighted by Crippen LogP contribution is -2.36. The molecule has 6 aromatic carbocycles. The molecule has 0 saturated heterocycles. The Hall–Kier alpha value is -6.36. The molecule has 6 rings (SSSR count). The van der Waals surface area contributed by atoms with Crippen LogP contribution in [0.2, 0.25) is 0 Å². The SMILES string of the molecule is COc1ccc(C(Oc2ccc(-c3cc(F)c(C(=O)Oc4cc(F)c(F)c(F)c4)c(F)c3)cc2)(c2ccc(OC)cc2)c2ccc(OC)cc2)cc1. The largest absolute Gasteiger partial charge is 0.497 e. The predicted molar refractivity (Wildman–Crippen MR) is 183 cm³/mol. The van der Waals surface area contributed by atoms with E-state index >= 15 is 8.78 Å². The topological polar surface area (TPSA) is 63.2 Å². The van der Waals surface area contributed by atoms with Crippen molar-refractivity contribution in [1.29, 1.82) is 0 Å². The summed E-state index contributed by atoms with van der Waals surface area (Å²) in [6.45, 7) is 0. The Morgan fingerprint density at radius 2 is 0.846 bits per heavy atom. The van der Waals surface area contributed by atoms with Crippen molar-refractivity contribution in [3.8, 4) is 39.9 Å². The molecule has 0 unspecified atom stereocenters. The van der Waals surface area contributed by atoms with E-state index in [1.807, 2.05) is 72.8 Å². The van der Waals surface area contributed by atoms with Crippen LogP contribution in [0, 0.1) is 29.1 Å². The van der Waals surface area contributed by atoms with Gasteiger partial charge in [-0.1, -0.05) is 48.5 Å². The number of benzene rings is 6. The van der Waals surface area contributed by atoms with Gasteiger partial charge in [0, 0.05) is 28.8 Å². The first kappa shape index (κ1) is 35.5. The van der Waals surface area contributed by atoms with Crippen molar-refractivity contribution in [1.82, 2.24) is 0 Å². The average molecular weight is 713 g/mol. The van der Waals surface area contributed by atoms with E-state index in [1.165, 1.54) is 0 Å². The minimum absolute atomic E-state index is 0.0729. The lowest BCUT2D eigenvalue weighted by Gasteiger charge is -2.36. The Bertz CT molecular complexity index is 2040. The zero-order chi connectivity index (χ0) is 37.0. The Morgan fingerprint density at radius 1 is 0.462 bits per heavy atom. The van der Waals surface area contributed by atoms with Crippen LogP contribution in [0.1, 0.15) is 27.0 Å². The van der Waals surface area contributed by atoms with Crippen molar-refractivity contribution in [2.45, 2.75) is 5.60 Å². The minimum atomic E-state index is -1.79. The molecule has 11 heteroatoms. The summed E-state index contributed by atoms with van der Waals surface area (Å²) in [5, 5.41) is 0. The van der Waals surface area contributed by atoms with Crippen molar-refractivity contribution in [2.75, 3.05) is 21.3 Å². The van der Waals surface area contributed by atoms with Gasteiger partial charge >= 0.3 is 5.97 Å². The number of carbonyl (C=O) groups is 1. The highest BCUT2D eigenvalue weighted by atomic mass is 19.2. The summed E-state index contributed by atoms with van der Waals surface area (Å²) >= 11 is 0. The van der Waals surface area contributed by atoms with Gasteiger partial charge < -0.3 is 23.7 Å². The quantitative estimate of drug-likeness (QED) is 0.0439. The van der Waals surface area contributed by atoms with Gasteiger partial charge in [0.25, 0.3) is 0 Å². The highest BCUT2D eigenvalue weighted by Gasteiger charge is 2.39. The number of ether oxygens (including phenoxy) is 5. The number of hydrogen-bond acceptors (Lipinski definition) is 6. The highest BCUT2D eigenvalue weighted by molar-refractivity contribution is 5.92. The van der Waals surface area contributed by atoms with Crippen LogP contribution in [-0.4, -0.2) is 27.3 Å². The summed E-state index contributed by atoms with van der Waals surface area (Å²) in [6.07, 6.45) is 0. The Morgan fingerprint density at radius 3 is 1.23 bits per heavy atom. The van der Waals surface area contributed by atoms with Gasteiger partial charge in [-0.15, -0.1) is 0 Å². The second kappa shape index (κ2) is 14.9. The number of hydrogen-bond donors (Lipinski definition) is 0. The van der Waals surface area contributed by atoms with E-state index in [2.05, 4.69) is 0 Å². The van der Waals surface area contributed by atoms with E-state index in [0.29, 0.717) is 40.7 Å². The predicted octanol–water partition coefficient (Wildman–Crippen LogP) is 9.66. The maximum atomic E-state index is 15.2. The summed E-state index contributed by atoms with van der Waals surface area (Å²) in [7, 11) is 4.72. The van der Waals surface area contributed by atoms with Gasteiger partial charge in [-0.2, -0.15) is 0 Å². The first-order valence-corrected chi connectivity index (χ1v) is 15.6. The van der Waals surface area contributed by atoms with E-state index in [-0.39, 0.29) is 5.56 Å². The maximum absolute atomic E-state index is 15.2. The standard InChI is InChI=1S/C41H29F5O6/c1-48-29-14-6-26(7-15-29)41(27-8-16-30(49-2)17-9-27,28-10-18-31(50-3)19-11-28)52-32-12-4-24(5-13-32)25-20-34(42)38(35(43)21-25)40(47)51-33-22-36(44)39(46)37(45)23-33/h4-23H,1-3H3. The van der Waals surface area contributed by atoms with E-state index < -0.39 is 52.0 Å². The monoisotopic (exact) mass is 712 g/mol. The molecule has 0 heterocycles. The molecule has 0 radical (unpaired) electrons. The van der Waals surface area contributed by atoms with E-state index in [0.717, 1.165) is 28.8 Å². The van der Waals surface area contributed by atoms with Crippen LogP contribution in [0.15, 0.2) is 121 Å². The minimum Gasteiger partial charge on any atom is -0.497 e. The number of rotatable bonds is 11. The molecule has 0 aliphatic heterocycles. The number of esters is 1. The fourth-order valence-corrected chi connectivity index (χ4v) is 5.73. The molecule has 0 fully saturated rings. The smallest absolute Gasteiger partial charge is 0.349 e. The van der Waals surface area contributed by atoms with Crippen LogP contribution >= 0.6 is 0 Å². The van der Waals surface area contributed by atoms with Gasteiger partial charge in [0.2, 0.25) is 0 Å². The molecule has 0 saturated carbocycles. The van der Waals surface area contributed by atoms with E-state index in [9.17, 15) is 18.0 Å². The van der Waals surface area contributed by atoms with Crippen LogP contribution in [0.3, 0.4) is 0 Å². The normalized spacial score (nSPS) is 11.2. The van der Waals surface area contributed by atoms with Gasteiger partial charge in [0.1, 0.15) is 45.9 Å². The van der Waals surface area contributed by atoms with Crippen LogP contribution < -0.4 is 23.7 Å². The molecule has 0 N–H and O–H groups in total. The third-order valence-electron chi connectivity index (χ3n) is 8.36. The van der Waals surface area contributed by atoms with Gasteiger partial charge in [0.15, 0.2) is 23.1 Å². The van der Waals surface area contributed by atoms with Crippen LogP contribution in [0.25, 0.3) is 11.1 Å². The van der Waals surface area contributed by atoms with Crippen molar-refractivity contribution >= 4 is 5.97 Å². The molecular weight excluding hydrogens is 683 g/mol. The lowest BCUT2D eigenvalue weighted by atomic mass is 9.79. The Labute approximate surface area is 295 Å². The number of methoxy groups -OCH3 is 3. The van der Waals surface area contributed by atoms with Crippen molar-refractivity contribution in [3.63, 3.8) is 0 Å². The van der Waals surface area contributed by atoms with Crippen LogP contribution in [-0.2, 0) is 5.60 Å². The van der Waals surface area contributed by atoms with Crippen molar-refractivity contribution in [3.05, 3.63) is 173 Å². The first-order chi connectivity index (χ1) is 25.1. The molecule has 0 bridgehead atoms. The fourth-order valence-electron chi connectivity index (χ4n) is 5.73. The van der Waals surface area contributed by atoms with Gasteiger partial charge in [-0.25, -0.2) is 26.7 Å². The fraction of sp³-hybridized carbons (Fsp3) is 0.0976. The summed E-state index contributed by atoms with van der Waals surface area (Å²) < 4.78 is 98.7. The van der Waals surface area contributed by atoms with Gasteiger partial charge in [-0.3, -0.25) is 0 Å². The molecule has 264 valence electrons. The van der Waals surface area contributed by atoms with Crippen LogP contribution in [0.5, 0.6) is 28.7 Å². The third-order valence-corrected chi connectivity index (χ3v) is 8.36. The number of carbonyl (C=O) groups excluding carboxylic acids is 1.